The lowest BCUT2D eigenvalue weighted by molar-refractivity contribution is -0.123. The smallest absolute Gasteiger partial charge is 0.234 e. The van der Waals surface area contributed by atoms with E-state index in [2.05, 4.69) is 27.1 Å². The maximum atomic E-state index is 12.3. The van der Waals surface area contributed by atoms with Gasteiger partial charge in [-0.25, -0.2) is 0 Å². The van der Waals surface area contributed by atoms with Crippen LogP contribution >= 0.6 is 0 Å². The SMILES string of the molecule is O=C(CN1CCCC(C2CCNN2)C1)NCC1Cc2ccccc2O1. The molecule has 3 heterocycles. The fourth-order valence-corrected chi connectivity index (χ4v) is 4.27. The molecule has 6 nitrogen and oxygen atoms in total. The van der Waals surface area contributed by atoms with Crippen LogP contribution in [0.25, 0.3) is 0 Å². The molecule has 0 aliphatic carbocycles. The van der Waals surface area contributed by atoms with Gasteiger partial charge < -0.3 is 10.1 Å². The molecule has 25 heavy (non-hydrogen) atoms. The number of nitrogens with one attached hydrogen (secondary N) is 3. The zero-order valence-corrected chi connectivity index (χ0v) is 14.7. The Balaban J connectivity index is 1.20. The molecule has 3 aliphatic heterocycles. The Morgan fingerprint density at radius 1 is 1.32 bits per heavy atom. The molecule has 2 fully saturated rings. The fraction of sp³-hybridized carbons (Fsp3) is 0.632. The number of ether oxygens (including phenoxy) is 1. The molecule has 3 N–H and O–H groups in total. The number of hydrogen-bond donors (Lipinski definition) is 3. The summed E-state index contributed by atoms with van der Waals surface area (Å²) in [5.41, 5.74) is 7.83. The van der Waals surface area contributed by atoms with Crippen LogP contribution in [0.5, 0.6) is 5.75 Å². The van der Waals surface area contributed by atoms with Crippen molar-refractivity contribution in [2.45, 2.75) is 37.8 Å². The van der Waals surface area contributed by atoms with E-state index in [1.54, 1.807) is 0 Å². The maximum Gasteiger partial charge on any atom is 0.234 e. The number of amides is 1. The van der Waals surface area contributed by atoms with Crippen LogP contribution < -0.4 is 20.9 Å². The average molecular weight is 344 g/mol. The van der Waals surface area contributed by atoms with Gasteiger partial charge in [0.2, 0.25) is 5.91 Å². The molecule has 3 aliphatic rings. The minimum Gasteiger partial charge on any atom is -0.488 e. The first-order valence-electron chi connectivity index (χ1n) is 9.50. The van der Waals surface area contributed by atoms with Crippen LogP contribution in [-0.2, 0) is 11.2 Å². The molecule has 1 aromatic rings. The van der Waals surface area contributed by atoms with Crippen LogP contribution in [0.2, 0.25) is 0 Å². The van der Waals surface area contributed by atoms with Crippen molar-refractivity contribution in [1.82, 2.24) is 21.1 Å². The number of hydrazine groups is 1. The summed E-state index contributed by atoms with van der Waals surface area (Å²) in [5.74, 6) is 1.71. The molecule has 3 atom stereocenters. The predicted octanol–water partition coefficient (Wildman–Crippen LogP) is 0.685. The number of hydrogen-bond acceptors (Lipinski definition) is 5. The first kappa shape index (κ1) is 16.8. The largest absolute Gasteiger partial charge is 0.488 e. The summed E-state index contributed by atoms with van der Waals surface area (Å²) < 4.78 is 5.89. The van der Waals surface area contributed by atoms with Gasteiger partial charge in [0.05, 0.1) is 13.1 Å². The zero-order valence-electron chi connectivity index (χ0n) is 14.7. The molecule has 3 unspecified atom stereocenters. The molecule has 1 aromatic carbocycles. The second-order valence-corrected chi connectivity index (χ2v) is 7.46. The first-order chi connectivity index (χ1) is 12.3. The number of nitrogens with zero attached hydrogens (tertiary/aromatic N) is 1. The molecule has 1 amide bonds. The molecule has 4 rings (SSSR count). The molecule has 136 valence electrons. The summed E-state index contributed by atoms with van der Waals surface area (Å²) in [4.78, 5) is 14.6. The van der Waals surface area contributed by atoms with Crippen molar-refractivity contribution < 1.29 is 9.53 Å². The molecule has 6 heteroatoms. The van der Waals surface area contributed by atoms with Crippen LogP contribution in [-0.4, -0.2) is 55.7 Å². The molecule has 0 bridgehead atoms. The highest BCUT2D eigenvalue weighted by molar-refractivity contribution is 5.78. The number of piperidine rings is 1. The van der Waals surface area contributed by atoms with E-state index in [4.69, 9.17) is 4.74 Å². The third-order valence-corrected chi connectivity index (χ3v) is 5.59. The number of para-hydroxylation sites is 1. The van der Waals surface area contributed by atoms with Gasteiger partial charge in [-0.15, -0.1) is 0 Å². The Kier molecular flexibility index (Phi) is 5.20. The summed E-state index contributed by atoms with van der Waals surface area (Å²) >= 11 is 0. The van der Waals surface area contributed by atoms with Gasteiger partial charge in [-0.1, -0.05) is 18.2 Å². The molecular formula is C19H28N4O2. The number of carbonyl (C=O) groups excluding carboxylic acids is 1. The van der Waals surface area contributed by atoms with Crippen LogP contribution in [0.3, 0.4) is 0 Å². The zero-order chi connectivity index (χ0) is 17.1. The number of rotatable bonds is 5. The highest BCUT2D eigenvalue weighted by atomic mass is 16.5. The number of benzene rings is 1. The summed E-state index contributed by atoms with van der Waals surface area (Å²) in [6.07, 6.45) is 4.56. The number of carbonyl (C=O) groups is 1. The van der Waals surface area contributed by atoms with Gasteiger partial charge >= 0.3 is 0 Å². The van der Waals surface area contributed by atoms with E-state index >= 15 is 0 Å². The average Bonchev–Trinajstić information content (AvgIpc) is 3.29. The van der Waals surface area contributed by atoms with E-state index in [9.17, 15) is 4.79 Å². The Morgan fingerprint density at radius 2 is 2.24 bits per heavy atom. The topological polar surface area (TPSA) is 65.6 Å². The van der Waals surface area contributed by atoms with Crippen LogP contribution in [0, 0.1) is 5.92 Å². The number of likely N-dealkylation sites (tertiary alicyclic amines) is 1. The summed E-state index contributed by atoms with van der Waals surface area (Å²) in [6, 6.07) is 8.66. The van der Waals surface area contributed by atoms with Crippen LogP contribution in [0.1, 0.15) is 24.8 Å². The second-order valence-electron chi connectivity index (χ2n) is 7.46. The summed E-state index contributed by atoms with van der Waals surface area (Å²) in [6.45, 7) is 4.16. The van der Waals surface area contributed by atoms with Crippen molar-refractivity contribution in [3.05, 3.63) is 29.8 Å². The minimum absolute atomic E-state index is 0.0595. The van der Waals surface area contributed by atoms with E-state index in [0.717, 1.165) is 31.8 Å². The van der Waals surface area contributed by atoms with Crippen molar-refractivity contribution in [3.8, 4) is 5.75 Å². The van der Waals surface area contributed by atoms with Gasteiger partial charge in [0.25, 0.3) is 0 Å². The van der Waals surface area contributed by atoms with Crippen LogP contribution in [0.15, 0.2) is 24.3 Å². The Bertz CT molecular complexity index is 578. The molecular weight excluding hydrogens is 316 g/mol. The summed E-state index contributed by atoms with van der Waals surface area (Å²) in [5, 5.41) is 3.06. The Morgan fingerprint density at radius 3 is 3.08 bits per heavy atom. The van der Waals surface area contributed by atoms with Gasteiger partial charge in [0.1, 0.15) is 11.9 Å². The van der Waals surface area contributed by atoms with Gasteiger partial charge in [0.15, 0.2) is 0 Å². The quantitative estimate of drug-likeness (QED) is 0.733. The van der Waals surface area contributed by atoms with E-state index in [1.165, 1.54) is 24.8 Å². The second kappa shape index (κ2) is 7.72. The van der Waals surface area contributed by atoms with E-state index in [-0.39, 0.29) is 12.0 Å². The first-order valence-corrected chi connectivity index (χ1v) is 9.50. The van der Waals surface area contributed by atoms with E-state index in [0.29, 0.717) is 25.0 Å². The molecule has 0 saturated carbocycles. The standard InChI is InChI=1S/C19H28N4O2/c24-19(20-11-16-10-14-4-1-2-6-18(14)25-16)13-23-9-3-5-15(12-23)17-7-8-21-22-17/h1-2,4,6,15-17,21-22H,3,5,7-13H2,(H,20,24). The van der Waals surface area contributed by atoms with Gasteiger partial charge in [0, 0.05) is 25.6 Å². The van der Waals surface area contributed by atoms with Gasteiger partial charge in [-0.3, -0.25) is 20.5 Å². The lowest BCUT2D eigenvalue weighted by Gasteiger charge is -2.35. The Hall–Kier alpha value is -1.63. The lowest BCUT2D eigenvalue weighted by Crippen LogP contribution is -2.48. The van der Waals surface area contributed by atoms with E-state index < -0.39 is 0 Å². The molecule has 0 aromatic heterocycles. The highest BCUT2D eigenvalue weighted by Crippen LogP contribution is 2.27. The summed E-state index contributed by atoms with van der Waals surface area (Å²) in [7, 11) is 0. The van der Waals surface area contributed by atoms with Crippen molar-refractivity contribution in [2.24, 2.45) is 5.92 Å². The van der Waals surface area contributed by atoms with Crippen molar-refractivity contribution in [1.29, 1.82) is 0 Å². The lowest BCUT2D eigenvalue weighted by atomic mass is 9.90. The van der Waals surface area contributed by atoms with Gasteiger partial charge in [-0.2, -0.15) is 0 Å². The van der Waals surface area contributed by atoms with Crippen molar-refractivity contribution in [2.75, 3.05) is 32.7 Å². The van der Waals surface area contributed by atoms with Crippen molar-refractivity contribution >= 4 is 5.91 Å². The maximum absolute atomic E-state index is 12.3. The predicted molar refractivity (Wildman–Crippen MR) is 96.3 cm³/mol. The molecule has 2 saturated heterocycles. The number of fused-ring (bicyclic) bond motifs is 1. The highest BCUT2D eigenvalue weighted by Gasteiger charge is 2.30. The molecule has 0 radical (unpaired) electrons. The monoisotopic (exact) mass is 344 g/mol. The van der Waals surface area contributed by atoms with Crippen molar-refractivity contribution in [3.63, 3.8) is 0 Å². The Labute approximate surface area is 149 Å². The third kappa shape index (κ3) is 4.14. The molecule has 0 spiro atoms. The third-order valence-electron chi connectivity index (χ3n) is 5.59. The minimum atomic E-state index is 0.0595. The van der Waals surface area contributed by atoms with E-state index in [1.807, 2.05) is 18.2 Å². The normalized spacial score (nSPS) is 29.2. The van der Waals surface area contributed by atoms with Crippen LogP contribution in [0.4, 0.5) is 0 Å². The van der Waals surface area contributed by atoms with Gasteiger partial charge in [-0.05, 0) is 43.4 Å². The fourth-order valence-electron chi connectivity index (χ4n) is 4.27.